The van der Waals surface area contributed by atoms with Gasteiger partial charge in [0, 0.05) is 5.69 Å². The van der Waals surface area contributed by atoms with Crippen LogP contribution in [0.4, 0.5) is 16.2 Å². The lowest BCUT2D eigenvalue weighted by Crippen LogP contribution is -2.20. The number of aliphatic hydroxyl groups is 1. The Kier molecular flexibility index (Phi) is 4.79. The minimum atomic E-state index is -0.348. The van der Waals surface area contributed by atoms with Crippen molar-refractivity contribution in [3.63, 3.8) is 0 Å². The van der Waals surface area contributed by atoms with Gasteiger partial charge in [-0.1, -0.05) is 24.3 Å². The number of aliphatic hydroxyl groups excluding tert-OH is 1. The zero-order valence-corrected chi connectivity index (χ0v) is 12.0. The third kappa shape index (κ3) is 3.73. The number of aryl methyl sites for hydroxylation is 1. The average Bonchev–Trinajstić information content (AvgIpc) is 2.50. The molecule has 0 atom stereocenters. The number of ether oxygens (including phenoxy) is 1. The maximum Gasteiger partial charge on any atom is 0.323 e. The molecule has 0 aliphatic rings. The molecule has 0 unspecified atom stereocenters. The summed E-state index contributed by atoms with van der Waals surface area (Å²) < 4.78 is 5.21. The zero-order chi connectivity index (χ0) is 15.2. The van der Waals surface area contributed by atoms with E-state index in [0.29, 0.717) is 11.4 Å². The number of methoxy groups -OCH3 is 1. The van der Waals surface area contributed by atoms with Crippen molar-refractivity contribution in [1.82, 2.24) is 0 Å². The van der Waals surface area contributed by atoms with E-state index in [-0.39, 0.29) is 12.6 Å². The number of carbonyl (C=O) groups excluding carboxylic acids is 1. The smallest absolute Gasteiger partial charge is 0.323 e. The van der Waals surface area contributed by atoms with Crippen LogP contribution < -0.4 is 15.4 Å². The summed E-state index contributed by atoms with van der Waals surface area (Å²) in [5.41, 5.74) is 2.99. The van der Waals surface area contributed by atoms with Gasteiger partial charge in [-0.2, -0.15) is 0 Å². The Bertz CT molecular complexity index is 641. The van der Waals surface area contributed by atoms with Crippen LogP contribution in [0.5, 0.6) is 5.75 Å². The Morgan fingerprint density at radius 3 is 2.52 bits per heavy atom. The topological polar surface area (TPSA) is 70.6 Å². The highest BCUT2D eigenvalue weighted by Crippen LogP contribution is 2.26. The summed E-state index contributed by atoms with van der Waals surface area (Å²) in [5, 5.41) is 14.6. The summed E-state index contributed by atoms with van der Waals surface area (Å²) in [7, 11) is 1.51. The lowest BCUT2D eigenvalue weighted by Gasteiger charge is -2.13. The van der Waals surface area contributed by atoms with E-state index in [0.717, 1.165) is 16.8 Å². The van der Waals surface area contributed by atoms with Crippen molar-refractivity contribution in [3.05, 3.63) is 53.6 Å². The number of hydrogen-bond donors (Lipinski definition) is 3. The highest BCUT2D eigenvalue weighted by atomic mass is 16.5. The highest BCUT2D eigenvalue weighted by Gasteiger charge is 2.09. The van der Waals surface area contributed by atoms with Crippen LogP contribution in [0, 0.1) is 6.92 Å². The molecule has 0 heterocycles. The fourth-order valence-corrected chi connectivity index (χ4v) is 1.93. The van der Waals surface area contributed by atoms with Crippen molar-refractivity contribution in [3.8, 4) is 5.75 Å². The van der Waals surface area contributed by atoms with Gasteiger partial charge in [-0.05, 0) is 36.2 Å². The van der Waals surface area contributed by atoms with E-state index in [9.17, 15) is 4.79 Å². The van der Waals surface area contributed by atoms with Crippen LogP contribution in [-0.4, -0.2) is 18.2 Å². The second-order valence-corrected chi connectivity index (χ2v) is 4.59. The third-order valence-corrected chi connectivity index (χ3v) is 3.09. The Labute approximate surface area is 123 Å². The fraction of sp³-hybridized carbons (Fsp3) is 0.188. The Balaban J connectivity index is 2.11. The molecule has 0 aliphatic carbocycles. The van der Waals surface area contributed by atoms with Gasteiger partial charge < -0.3 is 20.5 Å². The van der Waals surface area contributed by atoms with Crippen LogP contribution in [0.15, 0.2) is 42.5 Å². The molecule has 2 aromatic rings. The summed E-state index contributed by atoms with van der Waals surface area (Å²) >= 11 is 0. The molecule has 0 fully saturated rings. The Hall–Kier alpha value is -2.53. The number of para-hydroxylation sites is 1. The lowest BCUT2D eigenvalue weighted by molar-refractivity contribution is 0.262. The number of urea groups is 1. The molecule has 0 bridgehead atoms. The summed E-state index contributed by atoms with van der Waals surface area (Å²) in [6.45, 7) is 1.85. The van der Waals surface area contributed by atoms with Crippen LogP contribution in [-0.2, 0) is 6.61 Å². The molecule has 5 nitrogen and oxygen atoms in total. The summed E-state index contributed by atoms with van der Waals surface area (Å²) in [6, 6.07) is 12.3. The number of carbonyl (C=O) groups is 1. The first-order chi connectivity index (χ1) is 10.1. The van der Waals surface area contributed by atoms with Gasteiger partial charge in [0.1, 0.15) is 5.75 Å². The average molecular weight is 286 g/mol. The predicted octanol–water partition coefficient (Wildman–Crippen LogP) is 3.14. The van der Waals surface area contributed by atoms with Gasteiger partial charge in [0.05, 0.1) is 19.4 Å². The Morgan fingerprint density at radius 1 is 1.14 bits per heavy atom. The molecule has 2 amide bonds. The molecular formula is C16H18N2O3. The van der Waals surface area contributed by atoms with Crippen molar-refractivity contribution in [2.75, 3.05) is 17.7 Å². The van der Waals surface area contributed by atoms with Crippen molar-refractivity contribution in [2.45, 2.75) is 13.5 Å². The predicted molar refractivity (Wildman–Crippen MR) is 82.7 cm³/mol. The monoisotopic (exact) mass is 286 g/mol. The van der Waals surface area contributed by atoms with E-state index >= 15 is 0 Å². The van der Waals surface area contributed by atoms with Gasteiger partial charge in [0.15, 0.2) is 0 Å². The molecule has 0 saturated carbocycles. The van der Waals surface area contributed by atoms with Crippen LogP contribution in [0.25, 0.3) is 0 Å². The highest BCUT2D eigenvalue weighted by molar-refractivity contribution is 6.01. The molecule has 3 N–H and O–H groups in total. The van der Waals surface area contributed by atoms with Gasteiger partial charge in [-0.3, -0.25) is 0 Å². The SMILES string of the molecule is COc1cc(CO)ccc1NC(=O)Nc1ccccc1C. The largest absolute Gasteiger partial charge is 0.495 e. The van der Waals surface area contributed by atoms with E-state index in [4.69, 9.17) is 9.84 Å². The standard InChI is InChI=1S/C16H18N2O3/c1-11-5-3-4-6-13(11)17-16(20)18-14-8-7-12(10-19)9-15(14)21-2/h3-9,19H,10H2,1-2H3,(H2,17,18,20). The molecule has 21 heavy (non-hydrogen) atoms. The summed E-state index contributed by atoms with van der Waals surface area (Å²) in [6.07, 6.45) is 0. The number of rotatable bonds is 4. The molecule has 0 aliphatic heterocycles. The van der Waals surface area contributed by atoms with Crippen LogP contribution >= 0.6 is 0 Å². The van der Waals surface area contributed by atoms with Crippen molar-refractivity contribution in [2.24, 2.45) is 0 Å². The van der Waals surface area contributed by atoms with Crippen LogP contribution in [0.1, 0.15) is 11.1 Å². The number of benzene rings is 2. The minimum Gasteiger partial charge on any atom is -0.495 e. The second-order valence-electron chi connectivity index (χ2n) is 4.59. The number of amides is 2. The number of hydrogen-bond acceptors (Lipinski definition) is 3. The zero-order valence-electron chi connectivity index (χ0n) is 12.0. The number of anilines is 2. The maximum absolute atomic E-state index is 12.0. The normalized spacial score (nSPS) is 10.0. The van der Waals surface area contributed by atoms with E-state index in [2.05, 4.69) is 10.6 Å². The maximum atomic E-state index is 12.0. The van der Waals surface area contributed by atoms with Crippen LogP contribution in [0.2, 0.25) is 0 Å². The van der Waals surface area contributed by atoms with Gasteiger partial charge in [-0.25, -0.2) is 4.79 Å². The van der Waals surface area contributed by atoms with Crippen molar-refractivity contribution < 1.29 is 14.6 Å². The summed E-state index contributed by atoms with van der Waals surface area (Å²) in [5.74, 6) is 0.501. The van der Waals surface area contributed by atoms with Crippen molar-refractivity contribution in [1.29, 1.82) is 0 Å². The lowest BCUT2D eigenvalue weighted by atomic mass is 10.2. The molecule has 5 heteroatoms. The third-order valence-electron chi connectivity index (χ3n) is 3.09. The molecule has 0 saturated heterocycles. The second kappa shape index (κ2) is 6.76. The van der Waals surface area contributed by atoms with E-state index in [1.165, 1.54) is 7.11 Å². The molecule has 0 spiro atoms. The van der Waals surface area contributed by atoms with E-state index in [1.807, 2.05) is 31.2 Å². The number of nitrogens with one attached hydrogen (secondary N) is 2. The summed E-state index contributed by atoms with van der Waals surface area (Å²) in [4.78, 5) is 12.0. The molecule has 0 radical (unpaired) electrons. The van der Waals surface area contributed by atoms with Gasteiger partial charge >= 0.3 is 6.03 Å². The van der Waals surface area contributed by atoms with Gasteiger partial charge in [-0.15, -0.1) is 0 Å². The molecule has 110 valence electrons. The quantitative estimate of drug-likeness (QED) is 0.808. The van der Waals surface area contributed by atoms with E-state index in [1.54, 1.807) is 18.2 Å². The van der Waals surface area contributed by atoms with Crippen LogP contribution in [0.3, 0.4) is 0 Å². The van der Waals surface area contributed by atoms with Gasteiger partial charge in [0.2, 0.25) is 0 Å². The molecule has 0 aromatic heterocycles. The minimum absolute atomic E-state index is 0.0773. The van der Waals surface area contributed by atoms with E-state index < -0.39 is 0 Å². The first-order valence-electron chi connectivity index (χ1n) is 6.55. The first-order valence-corrected chi connectivity index (χ1v) is 6.55. The van der Waals surface area contributed by atoms with Crippen molar-refractivity contribution >= 4 is 17.4 Å². The fourth-order valence-electron chi connectivity index (χ4n) is 1.93. The Morgan fingerprint density at radius 2 is 1.86 bits per heavy atom. The molecule has 2 aromatic carbocycles. The van der Waals surface area contributed by atoms with Gasteiger partial charge in [0.25, 0.3) is 0 Å². The first kappa shape index (κ1) is 14.9. The molecule has 2 rings (SSSR count). The molecular weight excluding hydrogens is 268 g/mol.